The Morgan fingerprint density at radius 1 is 0.476 bits per heavy atom. The summed E-state index contributed by atoms with van der Waals surface area (Å²) in [7, 11) is 0. The Bertz CT molecular complexity index is 604. The van der Waals surface area contributed by atoms with Crippen molar-refractivity contribution in [1.29, 1.82) is 0 Å². The van der Waals surface area contributed by atoms with Crippen molar-refractivity contribution in [1.82, 2.24) is 0 Å². The molecule has 4 nitrogen and oxygen atoms in total. The van der Waals surface area contributed by atoms with E-state index in [1.807, 2.05) is 0 Å². The molecule has 4 atom stereocenters. The molecule has 0 aromatic rings. The van der Waals surface area contributed by atoms with Gasteiger partial charge in [0.2, 0.25) is 0 Å². The van der Waals surface area contributed by atoms with Crippen molar-refractivity contribution >= 4 is 11.9 Å². The molecule has 0 bridgehead atoms. The van der Waals surface area contributed by atoms with Crippen LogP contribution in [0.25, 0.3) is 0 Å². The van der Waals surface area contributed by atoms with Crippen LogP contribution in [-0.2, 0) is 19.1 Å². The predicted octanol–water partition coefficient (Wildman–Crippen LogP) is 12.0. The van der Waals surface area contributed by atoms with Crippen LogP contribution in [-0.4, -0.2) is 25.2 Å². The van der Waals surface area contributed by atoms with Crippen LogP contribution >= 0.6 is 0 Å². The summed E-state index contributed by atoms with van der Waals surface area (Å²) in [5.41, 5.74) is 0. The summed E-state index contributed by atoms with van der Waals surface area (Å²) in [5, 5.41) is 0. The first-order chi connectivity index (χ1) is 20.5. The number of hydrogen-bond acceptors (Lipinski definition) is 4. The lowest BCUT2D eigenvalue weighted by Crippen LogP contribution is -2.27. The van der Waals surface area contributed by atoms with Crippen LogP contribution in [0.4, 0.5) is 0 Å². The smallest absolute Gasteiger partial charge is 0.309 e. The van der Waals surface area contributed by atoms with Gasteiger partial charge in [0.15, 0.2) is 0 Å². The average Bonchev–Trinajstić information content (AvgIpc) is 3.00. The van der Waals surface area contributed by atoms with Crippen LogP contribution in [0.5, 0.6) is 0 Å². The highest BCUT2D eigenvalue weighted by atomic mass is 16.5. The number of ether oxygens (including phenoxy) is 2. The molecule has 0 aliphatic carbocycles. The molecule has 0 amide bonds. The SMILES string of the molecule is CCCCC(CC)COC(=O)CCCCCCCCCCCCCCC(CC)C(CC)C(=O)OCC(CC)CCCC. The number of rotatable bonds is 31. The van der Waals surface area contributed by atoms with E-state index in [0.717, 1.165) is 44.9 Å². The molecule has 0 rings (SSSR count). The Hall–Kier alpha value is -1.06. The molecule has 0 radical (unpaired) electrons. The minimum atomic E-state index is 0.00103. The summed E-state index contributed by atoms with van der Waals surface area (Å²) in [6.45, 7) is 14.5. The number of hydrogen-bond donors (Lipinski definition) is 0. The Morgan fingerprint density at radius 3 is 1.36 bits per heavy atom. The number of carbonyl (C=O) groups is 2. The molecule has 0 fully saturated rings. The number of esters is 2. The van der Waals surface area contributed by atoms with Gasteiger partial charge in [0.05, 0.1) is 19.1 Å². The van der Waals surface area contributed by atoms with Gasteiger partial charge in [-0.3, -0.25) is 9.59 Å². The van der Waals surface area contributed by atoms with Gasteiger partial charge in [-0.15, -0.1) is 0 Å². The average molecular weight is 595 g/mol. The highest BCUT2D eigenvalue weighted by Gasteiger charge is 2.27. The Morgan fingerprint density at radius 2 is 0.929 bits per heavy atom. The number of carbonyl (C=O) groups excluding carboxylic acids is 2. The van der Waals surface area contributed by atoms with Gasteiger partial charge >= 0.3 is 11.9 Å². The molecule has 0 aromatic heterocycles. The van der Waals surface area contributed by atoms with Crippen LogP contribution in [0, 0.1) is 23.7 Å². The molecule has 4 heteroatoms. The lowest BCUT2D eigenvalue weighted by molar-refractivity contribution is -0.152. The van der Waals surface area contributed by atoms with Gasteiger partial charge in [-0.05, 0) is 49.9 Å². The fourth-order valence-corrected chi connectivity index (χ4v) is 6.21. The summed E-state index contributed by atoms with van der Waals surface area (Å²) in [6.07, 6.45) is 28.3. The largest absolute Gasteiger partial charge is 0.465 e. The molecule has 4 unspecified atom stereocenters. The highest BCUT2D eigenvalue weighted by molar-refractivity contribution is 5.72. The van der Waals surface area contributed by atoms with Crippen molar-refractivity contribution in [2.75, 3.05) is 13.2 Å². The second kappa shape index (κ2) is 30.0. The van der Waals surface area contributed by atoms with E-state index in [0.29, 0.717) is 37.4 Å². The van der Waals surface area contributed by atoms with Crippen molar-refractivity contribution in [2.24, 2.45) is 23.7 Å². The van der Waals surface area contributed by atoms with Crippen LogP contribution < -0.4 is 0 Å². The van der Waals surface area contributed by atoms with E-state index < -0.39 is 0 Å². The summed E-state index contributed by atoms with van der Waals surface area (Å²) < 4.78 is 11.3. The topological polar surface area (TPSA) is 52.6 Å². The maximum Gasteiger partial charge on any atom is 0.309 e. The van der Waals surface area contributed by atoms with E-state index in [2.05, 4.69) is 41.5 Å². The molecule has 0 aromatic carbocycles. The maximum absolute atomic E-state index is 12.9. The first kappa shape index (κ1) is 40.9. The standard InChI is InChI=1S/C38H74O4/c1-7-13-27-33(9-3)31-41-37(39)30-26-24-22-20-18-16-15-17-19-21-23-25-29-35(11-5)36(12-6)38(40)42-32-34(10-4)28-14-8-2/h33-36H,7-32H2,1-6H3. The van der Waals surface area contributed by atoms with E-state index in [1.54, 1.807) is 0 Å². The minimum Gasteiger partial charge on any atom is -0.465 e. The summed E-state index contributed by atoms with van der Waals surface area (Å²) in [4.78, 5) is 24.9. The second-order valence-electron chi connectivity index (χ2n) is 13.1. The third-order valence-corrected chi connectivity index (χ3v) is 9.57. The van der Waals surface area contributed by atoms with Crippen molar-refractivity contribution < 1.29 is 19.1 Å². The summed E-state index contributed by atoms with van der Waals surface area (Å²) >= 11 is 0. The molecule has 0 aliphatic rings. The molecule has 0 N–H and O–H groups in total. The summed E-state index contributed by atoms with van der Waals surface area (Å²) in [6, 6.07) is 0. The molecule has 0 heterocycles. The van der Waals surface area contributed by atoms with E-state index in [-0.39, 0.29) is 17.9 Å². The van der Waals surface area contributed by atoms with Crippen LogP contribution in [0.3, 0.4) is 0 Å². The zero-order valence-electron chi connectivity index (χ0n) is 29.3. The van der Waals surface area contributed by atoms with Gasteiger partial charge < -0.3 is 9.47 Å². The normalized spacial score (nSPS) is 14.3. The van der Waals surface area contributed by atoms with Gasteiger partial charge in [-0.2, -0.15) is 0 Å². The Balaban J connectivity index is 3.78. The molecule has 250 valence electrons. The predicted molar refractivity (Wildman–Crippen MR) is 181 cm³/mol. The number of unbranched alkanes of at least 4 members (excludes halogenated alkanes) is 13. The van der Waals surface area contributed by atoms with Gasteiger partial charge in [0.25, 0.3) is 0 Å². The maximum atomic E-state index is 12.9. The third kappa shape index (κ3) is 22.5. The fourth-order valence-electron chi connectivity index (χ4n) is 6.21. The molecular weight excluding hydrogens is 520 g/mol. The third-order valence-electron chi connectivity index (χ3n) is 9.57. The van der Waals surface area contributed by atoms with Gasteiger partial charge in [-0.25, -0.2) is 0 Å². The zero-order valence-corrected chi connectivity index (χ0v) is 29.3. The molecule has 0 aliphatic heterocycles. The van der Waals surface area contributed by atoms with Gasteiger partial charge in [-0.1, -0.05) is 157 Å². The molecular formula is C38H74O4. The zero-order chi connectivity index (χ0) is 31.3. The highest BCUT2D eigenvalue weighted by Crippen LogP contribution is 2.27. The van der Waals surface area contributed by atoms with Gasteiger partial charge in [0.1, 0.15) is 0 Å². The van der Waals surface area contributed by atoms with Crippen LogP contribution in [0.1, 0.15) is 196 Å². The second-order valence-corrected chi connectivity index (χ2v) is 13.1. The molecule has 0 spiro atoms. The fraction of sp³-hybridized carbons (Fsp3) is 0.947. The van der Waals surface area contributed by atoms with Crippen LogP contribution in [0.15, 0.2) is 0 Å². The van der Waals surface area contributed by atoms with Crippen molar-refractivity contribution in [3.8, 4) is 0 Å². The molecule has 0 saturated carbocycles. The quantitative estimate of drug-likeness (QED) is 0.0591. The van der Waals surface area contributed by atoms with Crippen molar-refractivity contribution in [2.45, 2.75) is 196 Å². The first-order valence-corrected chi connectivity index (χ1v) is 18.8. The Kier molecular flexibility index (Phi) is 29.2. The molecule has 42 heavy (non-hydrogen) atoms. The van der Waals surface area contributed by atoms with Crippen LogP contribution in [0.2, 0.25) is 0 Å². The first-order valence-electron chi connectivity index (χ1n) is 18.8. The lowest BCUT2D eigenvalue weighted by atomic mass is 9.84. The molecule has 0 saturated heterocycles. The lowest BCUT2D eigenvalue weighted by Gasteiger charge is -2.25. The van der Waals surface area contributed by atoms with Crippen molar-refractivity contribution in [3.63, 3.8) is 0 Å². The van der Waals surface area contributed by atoms with Gasteiger partial charge in [0, 0.05) is 6.42 Å². The monoisotopic (exact) mass is 595 g/mol. The minimum absolute atomic E-state index is 0.00103. The van der Waals surface area contributed by atoms with E-state index in [4.69, 9.17) is 9.47 Å². The Labute approximate surface area is 263 Å². The van der Waals surface area contributed by atoms with E-state index >= 15 is 0 Å². The van der Waals surface area contributed by atoms with E-state index in [9.17, 15) is 9.59 Å². The summed E-state index contributed by atoms with van der Waals surface area (Å²) in [5.74, 6) is 1.65. The van der Waals surface area contributed by atoms with E-state index in [1.165, 1.54) is 103 Å². The van der Waals surface area contributed by atoms with Crippen molar-refractivity contribution in [3.05, 3.63) is 0 Å².